The first kappa shape index (κ1) is 12.9. The molecule has 3 N–H and O–H groups in total. The molecular weight excluding hydrogens is 275 g/mol. The summed E-state index contributed by atoms with van der Waals surface area (Å²) in [5.41, 5.74) is 0.538. The van der Waals surface area contributed by atoms with E-state index >= 15 is 0 Å². The molecule has 0 aromatic heterocycles. The lowest BCUT2D eigenvalue weighted by Crippen LogP contribution is -2.24. The first-order valence-electron chi connectivity index (χ1n) is 5.05. The van der Waals surface area contributed by atoms with Crippen molar-refractivity contribution in [2.45, 2.75) is 0 Å². The van der Waals surface area contributed by atoms with Gasteiger partial charge in [-0.1, -0.05) is 36.4 Å². The van der Waals surface area contributed by atoms with E-state index in [2.05, 4.69) is 5.32 Å². The van der Waals surface area contributed by atoms with E-state index < -0.39 is 12.9 Å². The first-order chi connectivity index (χ1) is 8.46. The van der Waals surface area contributed by atoms with E-state index in [0.29, 0.717) is 5.69 Å². The number of benzene rings is 2. The topological polar surface area (TPSA) is 78.4 Å². The minimum absolute atomic E-state index is 0.538. The molecule has 18 heavy (non-hydrogen) atoms. The Morgan fingerprint density at radius 1 is 1.17 bits per heavy atom. The van der Waals surface area contributed by atoms with Gasteiger partial charge in [0.15, 0.2) is 0 Å². The third-order valence-corrected chi connectivity index (χ3v) is 3.01. The molecule has 1 atom stereocenters. The van der Waals surface area contributed by atoms with E-state index in [0.717, 1.165) is 10.8 Å². The van der Waals surface area contributed by atoms with Crippen molar-refractivity contribution in [2.75, 3.05) is 5.32 Å². The summed E-state index contributed by atoms with van der Waals surface area (Å²) in [6.45, 7) is -4.11. The number of hydrogen-bond acceptors (Lipinski definition) is 2. The number of halogens is 1. The summed E-state index contributed by atoms with van der Waals surface area (Å²) in [6.07, 6.45) is 0. The fourth-order valence-corrected chi connectivity index (χ4v) is 2.15. The van der Waals surface area contributed by atoms with E-state index in [9.17, 15) is 9.36 Å². The van der Waals surface area contributed by atoms with Gasteiger partial charge in [-0.25, -0.2) is 9.36 Å². The number of hydrogen-bond donors (Lipinski definition) is 3. The lowest BCUT2D eigenvalue weighted by Gasteiger charge is -2.10. The number of amides is 2. The van der Waals surface area contributed by atoms with Crippen molar-refractivity contribution >= 4 is 40.6 Å². The summed E-state index contributed by atoms with van der Waals surface area (Å²) in [5, 5.41) is 6.02. The van der Waals surface area contributed by atoms with Gasteiger partial charge in [-0.2, -0.15) is 0 Å². The molecule has 7 heteroatoms. The van der Waals surface area contributed by atoms with E-state index in [1.165, 1.54) is 0 Å². The summed E-state index contributed by atoms with van der Waals surface area (Å²) in [4.78, 5) is 20.3. The molecule has 0 fully saturated rings. The van der Waals surface area contributed by atoms with Crippen LogP contribution in [0, 0.1) is 0 Å². The number of fused-ring (bicyclic) bond motifs is 1. The van der Waals surface area contributed by atoms with Gasteiger partial charge >= 0.3 is 12.9 Å². The molecule has 2 rings (SSSR count). The summed E-state index contributed by atoms with van der Waals surface area (Å²) in [7, 11) is 0. The van der Waals surface area contributed by atoms with Crippen LogP contribution in [0.25, 0.3) is 10.8 Å². The Hall–Kier alpha value is -1.55. The van der Waals surface area contributed by atoms with Gasteiger partial charge in [0.1, 0.15) is 0 Å². The number of carbonyl (C=O) groups is 1. The molecule has 0 radical (unpaired) electrons. The maximum absolute atomic E-state index is 11.4. The van der Waals surface area contributed by atoms with Crippen molar-refractivity contribution in [2.24, 2.45) is 0 Å². The third-order valence-electron chi connectivity index (χ3n) is 2.28. The summed E-state index contributed by atoms with van der Waals surface area (Å²) in [5.74, 6) is 0. The highest BCUT2D eigenvalue weighted by Crippen LogP contribution is 2.41. The van der Waals surface area contributed by atoms with Crippen LogP contribution >= 0.6 is 18.1 Å². The minimum Gasteiger partial charge on any atom is -0.318 e. The number of nitrogens with one attached hydrogen (secondary N) is 2. The highest BCUT2D eigenvalue weighted by Gasteiger charge is 2.17. The Bertz CT molecular complexity index is 636. The Kier molecular flexibility index (Phi) is 3.57. The van der Waals surface area contributed by atoms with Crippen LogP contribution in [0.1, 0.15) is 0 Å². The van der Waals surface area contributed by atoms with Crippen LogP contribution in [0.5, 0.6) is 0 Å². The van der Waals surface area contributed by atoms with Gasteiger partial charge in [0.25, 0.3) is 0 Å². The Morgan fingerprint density at radius 3 is 2.56 bits per heavy atom. The molecule has 1 unspecified atom stereocenters. The molecule has 0 aliphatic carbocycles. The fraction of sp³-hybridized carbons (Fsp3) is 0. The predicted octanol–water partition coefficient (Wildman–Crippen LogP) is 3.30. The standard InChI is InChI=1S/C11H10ClN2O3P/c12-18(16,17)14-11(15)13-10-7-3-5-8-4-1-2-6-9(8)10/h1-7H,(H3,13,14,15,16,17). The molecule has 2 amide bonds. The maximum atomic E-state index is 11.4. The predicted molar refractivity (Wildman–Crippen MR) is 71.8 cm³/mol. The number of carbonyl (C=O) groups excluding carboxylic acids is 1. The average molecular weight is 285 g/mol. The summed E-state index contributed by atoms with van der Waals surface area (Å²) in [6, 6.07) is 12.0. The van der Waals surface area contributed by atoms with Crippen molar-refractivity contribution in [3.8, 4) is 0 Å². The van der Waals surface area contributed by atoms with Crippen molar-refractivity contribution in [3.63, 3.8) is 0 Å². The van der Waals surface area contributed by atoms with Gasteiger partial charge < -0.3 is 10.2 Å². The van der Waals surface area contributed by atoms with Gasteiger partial charge in [-0.15, -0.1) is 0 Å². The van der Waals surface area contributed by atoms with E-state index in [1.807, 2.05) is 30.3 Å². The number of rotatable bonds is 2. The number of urea groups is 1. The molecular formula is C11H10ClN2O3P. The van der Waals surface area contributed by atoms with Crippen LogP contribution in [-0.4, -0.2) is 10.9 Å². The number of anilines is 1. The van der Waals surface area contributed by atoms with Crippen LogP contribution in [0.2, 0.25) is 0 Å². The molecule has 94 valence electrons. The molecule has 0 aliphatic heterocycles. The lowest BCUT2D eigenvalue weighted by molar-refractivity contribution is 0.256. The second kappa shape index (κ2) is 4.98. The second-order valence-corrected chi connectivity index (χ2v) is 6.20. The SMILES string of the molecule is O=C(Nc1cccc2ccccc12)NP(=O)(O)Cl. The van der Waals surface area contributed by atoms with Crippen LogP contribution in [0.4, 0.5) is 10.5 Å². The molecule has 0 saturated heterocycles. The molecule has 0 aliphatic rings. The normalized spacial score (nSPS) is 13.9. The first-order valence-corrected chi connectivity index (χ1v) is 7.62. The van der Waals surface area contributed by atoms with Crippen molar-refractivity contribution in [1.29, 1.82) is 0 Å². The molecule has 0 saturated carbocycles. The Morgan fingerprint density at radius 2 is 1.83 bits per heavy atom. The molecule has 0 heterocycles. The van der Waals surface area contributed by atoms with Crippen molar-refractivity contribution in [1.82, 2.24) is 5.09 Å². The summed E-state index contributed by atoms with van der Waals surface area (Å²) >= 11 is 5.05. The monoisotopic (exact) mass is 284 g/mol. The van der Waals surface area contributed by atoms with Crippen LogP contribution in [0.3, 0.4) is 0 Å². The van der Waals surface area contributed by atoms with Gasteiger partial charge in [0.2, 0.25) is 0 Å². The summed E-state index contributed by atoms with van der Waals surface area (Å²) < 4.78 is 10.8. The van der Waals surface area contributed by atoms with Gasteiger partial charge in [0.05, 0.1) is 5.69 Å². The molecule has 5 nitrogen and oxygen atoms in total. The lowest BCUT2D eigenvalue weighted by atomic mass is 10.1. The van der Waals surface area contributed by atoms with Gasteiger partial charge in [-0.05, 0) is 22.7 Å². The van der Waals surface area contributed by atoms with Gasteiger partial charge in [0, 0.05) is 5.39 Å². The minimum atomic E-state index is -4.11. The van der Waals surface area contributed by atoms with Crippen molar-refractivity contribution < 1.29 is 14.3 Å². The van der Waals surface area contributed by atoms with E-state index in [-0.39, 0.29) is 0 Å². The molecule has 2 aromatic rings. The largest absolute Gasteiger partial charge is 0.386 e. The average Bonchev–Trinajstić information content (AvgIpc) is 2.27. The Balaban J connectivity index is 2.27. The molecule has 0 bridgehead atoms. The third kappa shape index (κ3) is 3.23. The van der Waals surface area contributed by atoms with E-state index in [1.54, 1.807) is 17.2 Å². The quantitative estimate of drug-likeness (QED) is 0.740. The Labute approximate surface area is 108 Å². The van der Waals surface area contributed by atoms with Crippen LogP contribution in [-0.2, 0) is 4.57 Å². The molecule has 2 aromatic carbocycles. The second-order valence-electron chi connectivity index (χ2n) is 3.59. The van der Waals surface area contributed by atoms with E-state index in [4.69, 9.17) is 16.1 Å². The van der Waals surface area contributed by atoms with Gasteiger partial charge in [-0.3, -0.25) is 5.09 Å². The smallest absolute Gasteiger partial charge is 0.318 e. The fourth-order valence-electron chi connectivity index (χ4n) is 1.61. The highest BCUT2D eigenvalue weighted by atomic mass is 35.7. The molecule has 0 spiro atoms. The van der Waals surface area contributed by atoms with Crippen LogP contribution in [0.15, 0.2) is 42.5 Å². The van der Waals surface area contributed by atoms with Crippen molar-refractivity contribution in [3.05, 3.63) is 42.5 Å². The zero-order valence-electron chi connectivity index (χ0n) is 9.13. The highest BCUT2D eigenvalue weighted by molar-refractivity contribution is 7.83. The zero-order valence-corrected chi connectivity index (χ0v) is 10.8. The van der Waals surface area contributed by atoms with Crippen LogP contribution < -0.4 is 10.4 Å². The maximum Gasteiger partial charge on any atom is 0.386 e. The zero-order chi connectivity index (χ0) is 13.2.